The first-order valence-electron chi connectivity index (χ1n) is 3.41. The van der Waals surface area contributed by atoms with Crippen LogP contribution in [0.4, 0.5) is 26.3 Å². The Morgan fingerprint density at radius 3 is 1.64 bits per heavy atom. The van der Waals surface area contributed by atoms with E-state index < -0.39 is 31.0 Å². The van der Waals surface area contributed by atoms with Gasteiger partial charge in [0.25, 0.3) is 0 Å². The minimum absolute atomic E-state index is 0.896. The van der Waals surface area contributed by atoms with Gasteiger partial charge >= 0.3 is 12.4 Å². The molecule has 8 heteroatoms. The molecule has 1 unspecified atom stereocenters. The highest BCUT2D eigenvalue weighted by Crippen LogP contribution is 2.41. The minimum atomic E-state index is -5.53. The van der Waals surface area contributed by atoms with Crippen molar-refractivity contribution < 1.29 is 36.2 Å². The highest BCUT2D eigenvalue weighted by molar-refractivity contribution is 4.81. The lowest BCUT2D eigenvalue weighted by atomic mass is 10.0. The summed E-state index contributed by atoms with van der Waals surface area (Å²) in [6.07, 6.45) is -13.7. The second-order valence-corrected chi connectivity index (χ2v) is 2.58. The van der Waals surface area contributed by atoms with E-state index in [1.54, 1.807) is 0 Å². The van der Waals surface area contributed by atoms with Crippen LogP contribution in [0.2, 0.25) is 0 Å². The van der Waals surface area contributed by atoms with Gasteiger partial charge in [0.2, 0.25) is 0 Å². The fraction of sp³-hybridized carbons (Fsp3) is 1.00. The molecule has 0 aliphatic heterocycles. The standard InChI is InChI=1S/C6H8F6O2/c1-14-2-3(13)4(5(7,8)9)6(10,11)12/h3-4,13H,2H2,1H3. The van der Waals surface area contributed by atoms with Crippen LogP contribution >= 0.6 is 0 Å². The number of alkyl halides is 6. The zero-order valence-corrected chi connectivity index (χ0v) is 6.99. The number of aliphatic hydroxyl groups is 1. The highest BCUT2D eigenvalue weighted by atomic mass is 19.4. The molecular formula is C6H8F6O2. The molecule has 86 valence electrons. The molecule has 0 rings (SSSR count). The summed E-state index contributed by atoms with van der Waals surface area (Å²) < 4.78 is 75.2. The number of hydrogen-bond acceptors (Lipinski definition) is 2. The third-order valence-electron chi connectivity index (χ3n) is 1.43. The van der Waals surface area contributed by atoms with Gasteiger partial charge in [0.05, 0.1) is 12.7 Å². The molecule has 0 amide bonds. The lowest BCUT2D eigenvalue weighted by molar-refractivity contribution is -0.309. The molecule has 0 radical (unpaired) electrons. The van der Waals surface area contributed by atoms with Crippen LogP contribution in [0.3, 0.4) is 0 Å². The maximum Gasteiger partial charge on any atom is 0.403 e. The number of hydrogen-bond donors (Lipinski definition) is 1. The fourth-order valence-corrected chi connectivity index (χ4v) is 0.889. The molecular weight excluding hydrogens is 218 g/mol. The predicted molar refractivity (Wildman–Crippen MR) is 33.5 cm³/mol. The van der Waals surface area contributed by atoms with E-state index in [1.165, 1.54) is 0 Å². The monoisotopic (exact) mass is 226 g/mol. The number of methoxy groups -OCH3 is 1. The zero-order chi connectivity index (χ0) is 11.6. The van der Waals surface area contributed by atoms with Crippen LogP contribution in [0.15, 0.2) is 0 Å². The van der Waals surface area contributed by atoms with E-state index in [1.807, 2.05) is 0 Å². The molecule has 0 aromatic rings. The molecule has 0 spiro atoms. The van der Waals surface area contributed by atoms with Crippen molar-refractivity contribution in [1.82, 2.24) is 0 Å². The summed E-state index contributed by atoms with van der Waals surface area (Å²) in [5.41, 5.74) is 0. The van der Waals surface area contributed by atoms with Crippen LogP contribution in [-0.4, -0.2) is 37.3 Å². The summed E-state index contributed by atoms with van der Waals surface area (Å²) in [5, 5.41) is 8.62. The molecule has 0 aromatic carbocycles. The first kappa shape index (κ1) is 13.5. The van der Waals surface area contributed by atoms with E-state index in [-0.39, 0.29) is 0 Å². The van der Waals surface area contributed by atoms with Crippen LogP contribution < -0.4 is 0 Å². The van der Waals surface area contributed by atoms with E-state index in [0.717, 1.165) is 7.11 Å². The zero-order valence-electron chi connectivity index (χ0n) is 6.99. The molecule has 0 aliphatic rings. The molecule has 0 saturated heterocycles. The fourth-order valence-electron chi connectivity index (χ4n) is 0.889. The summed E-state index contributed by atoms with van der Waals surface area (Å²) in [6, 6.07) is 0. The Bertz CT molecular complexity index is 160. The Kier molecular flexibility index (Phi) is 4.19. The second-order valence-electron chi connectivity index (χ2n) is 2.58. The molecule has 1 atom stereocenters. The summed E-state index contributed by atoms with van der Waals surface area (Å²) >= 11 is 0. The van der Waals surface area contributed by atoms with E-state index in [4.69, 9.17) is 5.11 Å². The van der Waals surface area contributed by atoms with Crippen molar-refractivity contribution in [3.05, 3.63) is 0 Å². The van der Waals surface area contributed by atoms with Crippen LogP contribution in [-0.2, 0) is 4.74 Å². The Morgan fingerprint density at radius 1 is 1.07 bits per heavy atom. The molecule has 0 heterocycles. The number of aliphatic hydroxyl groups excluding tert-OH is 1. The largest absolute Gasteiger partial charge is 0.403 e. The van der Waals surface area contributed by atoms with Crippen LogP contribution in [0.25, 0.3) is 0 Å². The van der Waals surface area contributed by atoms with Crippen LogP contribution in [0.5, 0.6) is 0 Å². The van der Waals surface area contributed by atoms with Gasteiger partial charge in [0, 0.05) is 7.11 Å². The summed E-state index contributed by atoms with van der Waals surface area (Å²) in [6.45, 7) is -1.02. The summed E-state index contributed by atoms with van der Waals surface area (Å²) in [4.78, 5) is 0. The summed E-state index contributed by atoms with van der Waals surface area (Å²) in [5.74, 6) is -3.77. The van der Waals surface area contributed by atoms with Gasteiger partial charge in [-0.25, -0.2) is 0 Å². The highest BCUT2D eigenvalue weighted by Gasteiger charge is 2.60. The molecule has 0 bridgehead atoms. The van der Waals surface area contributed by atoms with Gasteiger partial charge in [-0.3, -0.25) is 0 Å². The minimum Gasteiger partial charge on any atom is -0.390 e. The molecule has 2 nitrogen and oxygen atoms in total. The first-order chi connectivity index (χ1) is 6.10. The quantitative estimate of drug-likeness (QED) is 0.742. The van der Waals surface area contributed by atoms with Crippen LogP contribution in [0.1, 0.15) is 0 Å². The van der Waals surface area contributed by atoms with Gasteiger partial charge in [-0.05, 0) is 0 Å². The Labute approximate surface area is 75.5 Å². The molecule has 1 N–H and O–H groups in total. The van der Waals surface area contributed by atoms with Crippen molar-refractivity contribution in [3.63, 3.8) is 0 Å². The van der Waals surface area contributed by atoms with Crippen molar-refractivity contribution in [1.29, 1.82) is 0 Å². The number of halogens is 6. The Morgan fingerprint density at radius 2 is 1.43 bits per heavy atom. The Balaban J connectivity index is 4.74. The lowest BCUT2D eigenvalue weighted by Gasteiger charge is -2.26. The Hall–Kier alpha value is -0.500. The molecule has 14 heavy (non-hydrogen) atoms. The normalized spacial score (nSPS) is 16.1. The van der Waals surface area contributed by atoms with Gasteiger partial charge in [0.1, 0.15) is 0 Å². The smallest absolute Gasteiger partial charge is 0.390 e. The maximum absolute atomic E-state index is 11.9. The van der Waals surface area contributed by atoms with E-state index in [9.17, 15) is 26.3 Å². The van der Waals surface area contributed by atoms with Gasteiger partial charge in [0.15, 0.2) is 5.92 Å². The molecule has 0 saturated carbocycles. The summed E-state index contributed by atoms with van der Waals surface area (Å²) in [7, 11) is 0.896. The van der Waals surface area contributed by atoms with E-state index >= 15 is 0 Å². The lowest BCUT2D eigenvalue weighted by Crippen LogP contribution is -2.46. The molecule has 0 fully saturated rings. The average Bonchev–Trinajstić information content (AvgIpc) is 1.78. The number of ether oxygens (including phenoxy) is 1. The van der Waals surface area contributed by atoms with Gasteiger partial charge in [-0.15, -0.1) is 0 Å². The maximum atomic E-state index is 11.9. The third-order valence-corrected chi connectivity index (χ3v) is 1.43. The van der Waals surface area contributed by atoms with E-state index in [0.29, 0.717) is 0 Å². The molecule has 0 aromatic heterocycles. The van der Waals surface area contributed by atoms with Gasteiger partial charge < -0.3 is 9.84 Å². The number of rotatable bonds is 3. The van der Waals surface area contributed by atoms with Gasteiger partial charge in [-0.2, -0.15) is 26.3 Å². The predicted octanol–water partition coefficient (Wildman–Crippen LogP) is 1.73. The molecule has 0 aliphatic carbocycles. The first-order valence-corrected chi connectivity index (χ1v) is 3.41. The van der Waals surface area contributed by atoms with Gasteiger partial charge in [-0.1, -0.05) is 0 Å². The van der Waals surface area contributed by atoms with Crippen molar-refractivity contribution >= 4 is 0 Å². The van der Waals surface area contributed by atoms with Crippen molar-refractivity contribution in [3.8, 4) is 0 Å². The topological polar surface area (TPSA) is 29.5 Å². The van der Waals surface area contributed by atoms with Crippen molar-refractivity contribution in [2.75, 3.05) is 13.7 Å². The van der Waals surface area contributed by atoms with Crippen molar-refractivity contribution in [2.24, 2.45) is 5.92 Å². The average molecular weight is 226 g/mol. The van der Waals surface area contributed by atoms with E-state index in [2.05, 4.69) is 4.74 Å². The second kappa shape index (κ2) is 4.35. The van der Waals surface area contributed by atoms with Crippen molar-refractivity contribution in [2.45, 2.75) is 18.5 Å². The third kappa shape index (κ3) is 3.70. The SMILES string of the molecule is COCC(O)C(C(F)(F)F)C(F)(F)F. The van der Waals surface area contributed by atoms with Crippen LogP contribution in [0, 0.1) is 5.92 Å².